The first kappa shape index (κ1) is 15.3. The van der Waals surface area contributed by atoms with Gasteiger partial charge in [-0.15, -0.1) is 0 Å². The molecule has 0 bridgehead atoms. The van der Waals surface area contributed by atoms with Crippen LogP contribution in [-0.4, -0.2) is 42.5 Å². The number of morpholine rings is 1. The van der Waals surface area contributed by atoms with Crippen LogP contribution in [0.15, 0.2) is 0 Å². The maximum Gasteiger partial charge on any atom is 0.0674 e. The quantitative estimate of drug-likeness (QED) is 0.779. The minimum absolute atomic E-state index is 0.335. The number of hydrogen-bond acceptors (Lipinski definition) is 3. The van der Waals surface area contributed by atoms with Crippen molar-refractivity contribution >= 4 is 12.6 Å². The van der Waals surface area contributed by atoms with E-state index in [1.807, 2.05) is 0 Å². The van der Waals surface area contributed by atoms with Crippen molar-refractivity contribution in [2.45, 2.75) is 53.2 Å². The fourth-order valence-electron chi connectivity index (χ4n) is 2.40. The lowest BCUT2D eigenvalue weighted by Gasteiger charge is -2.42. The van der Waals surface area contributed by atoms with Gasteiger partial charge in [-0.1, -0.05) is 27.7 Å². The molecular formula is C14H29NOS. The standard InChI is InChI=1S/C14H29NOS/c1-6-13-9-16-11(2)7-15(13)8-12(10-17)14(3,4)5/h11-13,17H,6-10H2,1-5H3. The molecule has 0 aromatic carbocycles. The van der Waals surface area contributed by atoms with Crippen molar-refractivity contribution < 1.29 is 4.74 Å². The average Bonchev–Trinajstić information content (AvgIpc) is 2.24. The Morgan fingerprint density at radius 2 is 2.06 bits per heavy atom. The topological polar surface area (TPSA) is 12.5 Å². The van der Waals surface area contributed by atoms with Crippen LogP contribution in [0.1, 0.15) is 41.0 Å². The van der Waals surface area contributed by atoms with Gasteiger partial charge in [0.05, 0.1) is 12.7 Å². The Hall–Kier alpha value is 0.270. The first-order chi connectivity index (χ1) is 7.88. The molecule has 0 aliphatic carbocycles. The van der Waals surface area contributed by atoms with E-state index in [9.17, 15) is 0 Å². The molecule has 1 fully saturated rings. The van der Waals surface area contributed by atoms with Crippen molar-refractivity contribution in [3.05, 3.63) is 0 Å². The van der Waals surface area contributed by atoms with E-state index in [-0.39, 0.29) is 0 Å². The smallest absolute Gasteiger partial charge is 0.0674 e. The molecule has 0 aromatic heterocycles. The normalized spacial score (nSPS) is 29.3. The molecule has 102 valence electrons. The Labute approximate surface area is 113 Å². The first-order valence-corrected chi connectivity index (χ1v) is 7.48. The molecule has 1 heterocycles. The van der Waals surface area contributed by atoms with Crippen LogP contribution in [-0.2, 0) is 4.74 Å². The Morgan fingerprint density at radius 1 is 1.41 bits per heavy atom. The van der Waals surface area contributed by atoms with Gasteiger partial charge in [-0.25, -0.2) is 0 Å². The van der Waals surface area contributed by atoms with Gasteiger partial charge in [0.2, 0.25) is 0 Å². The summed E-state index contributed by atoms with van der Waals surface area (Å²) >= 11 is 4.53. The monoisotopic (exact) mass is 259 g/mol. The van der Waals surface area contributed by atoms with E-state index in [0.717, 1.165) is 25.4 Å². The van der Waals surface area contributed by atoms with Crippen LogP contribution in [0, 0.1) is 11.3 Å². The van der Waals surface area contributed by atoms with E-state index in [1.54, 1.807) is 0 Å². The molecule has 1 saturated heterocycles. The highest BCUT2D eigenvalue weighted by Crippen LogP contribution is 2.29. The molecule has 0 radical (unpaired) electrons. The van der Waals surface area contributed by atoms with E-state index in [1.165, 1.54) is 6.42 Å². The Balaban J connectivity index is 2.62. The summed E-state index contributed by atoms with van der Waals surface area (Å²) in [6.07, 6.45) is 1.55. The fourth-order valence-corrected chi connectivity index (χ4v) is 3.06. The minimum Gasteiger partial charge on any atom is -0.376 e. The van der Waals surface area contributed by atoms with Crippen molar-refractivity contribution in [1.82, 2.24) is 4.90 Å². The SMILES string of the molecule is CCC1COC(C)CN1CC(CS)C(C)(C)C. The predicted octanol–water partition coefficient (Wildman–Crippen LogP) is 3.08. The molecule has 3 unspecified atom stereocenters. The van der Waals surface area contributed by atoms with Crippen LogP contribution in [0.3, 0.4) is 0 Å². The van der Waals surface area contributed by atoms with Crippen molar-refractivity contribution in [2.24, 2.45) is 11.3 Å². The van der Waals surface area contributed by atoms with Gasteiger partial charge in [0.25, 0.3) is 0 Å². The summed E-state index contributed by atoms with van der Waals surface area (Å²) in [5, 5.41) is 0. The third-order valence-electron chi connectivity index (χ3n) is 3.95. The van der Waals surface area contributed by atoms with Crippen molar-refractivity contribution in [3.8, 4) is 0 Å². The molecule has 0 spiro atoms. The second-order valence-electron chi connectivity index (χ2n) is 6.41. The van der Waals surface area contributed by atoms with E-state index in [0.29, 0.717) is 23.5 Å². The minimum atomic E-state index is 0.335. The zero-order valence-electron chi connectivity index (χ0n) is 12.1. The summed E-state index contributed by atoms with van der Waals surface area (Å²) in [6.45, 7) is 14.5. The fraction of sp³-hybridized carbons (Fsp3) is 1.00. The van der Waals surface area contributed by atoms with Crippen LogP contribution in [0.2, 0.25) is 0 Å². The molecule has 2 nitrogen and oxygen atoms in total. The third kappa shape index (κ3) is 4.46. The molecular weight excluding hydrogens is 230 g/mol. The highest BCUT2D eigenvalue weighted by Gasteiger charge is 2.31. The Bertz CT molecular complexity index is 227. The maximum atomic E-state index is 5.75. The molecule has 3 heteroatoms. The largest absolute Gasteiger partial charge is 0.376 e. The summed E-state index contributed by atoms with van der Waals surface area (Å²) < 4.78 is 5.75. The number of thiol groups is 1. The van der Waals surface area contributed by atoms with Gasteiger partial charge in [0, 0.05) is 19.1 Å². The molecule has 1 aliphatic heterocycles. The highest BCUT2D eigenvalue weighted by atomic mass is 32.1. The van der Waals surface area contributed by atoms with Gasteiger partial charge < -0.3 is 4.74 Å². The van der Waals surface area contributed by atoms with Crippen molar-refractivity contribution in [2.75, 3.05) is 25.4 Å². The predicted molar refractivity (Wildman–Crippen MR) is 77.9 cm³/mol. The molecule has 0 aromatic rings. The zero-order valence-corrected chi connectivity index (χ0v) is 13.0. The number of hydrogen-bond donors (Lipinski definition) is 1. The average molecular weight is 259 g/mol. The van der Waals surface area contributed by atoms with Crippen LogP contribution in [0.4, 0.5) is 0 Å². The van der Waals surface area contributed by atoms with Gasteiger partial charge in [-0.2, -0.15) is 12.6 Å². The van der Waals surface area contributed by atoms with Gasteiger partial charge >= 0.3 is 0 Å². The lowest BCUT2D eigenvalue weighted by atomic mass is 9.81. The lowest BCUT2D eigenvalue weighted by Crippen LogP contribution is -2.51. The van der Waals surface area contributed by atoms with Crippen molar-refractivity contribution in [1.29, 1.82) is 0 Å². The number of ether oxygens (including phenoxy) is 1. The third-order valence-corrected chi connectivity index (χ3v) is 4.39. The van der Waals surface area contributed by atoms with Crippen LogP contribution in [0.5, 0.6) is 0 Å². The molecule has 0 saturated carbocycles. The van der Waals surface area contributed by atoms with E-state index in [2.05, 4.69) is 52.1 Å². The summed E-state index contributed by atoms with van der Waals surface area (Å²) in [6, 6.07) is 0.593. The molecule has 1 aliphatic rings. The van der Waals surface area contributed by atoms with Gasteiger partial charge in [-0.3, -0.25) is 4.90 Å². The Kier molecular flexibility index (Phi) is 5.81. The van der Waals surface area contributed by atoms with Crippen molar-refractivity contribution in [3.63, 3.8) is 0 Å². The molecule has 0 N–H and O–H groups in total. The van der Waals surface area contributed by atoms with E-state index in [4.69, 9.17) is 4.74 Å². The number of rotatable bonds is 4. The summed E-state index contributed by atoms with van der Waals surface area (Å²) in [7, 11) is 0. The summed E-state index contributed by atoms with van der Waals surface area (Å²) in [5.41, 5.74) is 0.335. The second kappa shape index (κ2) is 6.44. The van der Waals surface area contributed by atoms with Gasteiger partial charge in [-0.05, 0) is 30.4 Å². The highest BCUT2D eigenvalue weighted by molar-refractivity contribution is 7.80. The van der Waals surface area contributed by atoms with Gasteiger partial charge in [0.15, 0.2) is 0 Å². The molecule has 17 heavy (non-hydrogen) atoms. The number of nitrogens with zero attached hydrogens (tertiary/aromatic N) is 1. The molecule has 1 rings (SSSR count). The summed E-state index contributed by atoms with van der Waals surface area (Å²) in [4.78, 5) is 2.61. The molecule has 3 atom stereocenters. The van der Waals surface area contributed by atoms with Crippen LogP contribution < -0.4 is 0 Å². The van der Waals surface area contributed by atoms with E-state index < -0.39 is 0 Å². The second-order valence-corrected chi connectivity index (χ2v) is 6.77. The summed E-state index contributed by atoms with van der Waals surface area (Å²) in [5.74, 6) is 1.61. The first-order valence-electron chi connectivity index (χ1n) is 6.85. The zero-order chi connectivity index (χ0) is 13.1. The Morgan fingerprint density at radius 3 is 2.53 bits per heavy atom. The van der Waals surface area contributed by atoms with Gasteiger partial charge in [0.1, 0.15) is 0 Å². The van der Waals surface area contributed by atoms with Crippen LogP contribution in [0.25, 0.3) is 0 Å². The lowest BCUT2D eigenvalue weighted by molar-refractivity contribution is -0.0643. The molecule has 0 amide bonds. The maximum absolute atomic E-state index is 5.75. The van der Waals surface area contributed by atoms with Crippen LogP contribution >= 0.6 is 12.6 Å². The van der Waals surface area contributed by atoms with E-state index >= 15 is 0 Å².